The SMILES string of the molecule is Br.Br.CP(C)O.[Ru].c1ccccc1. The standard InChI is InChI=1S/C6H6.C2H7OP.2BrH.Ru/c1-2-4-6-5-3-1;1-4(2)3;;;/h1-6H;3H,1-2H3;2*1H;. The van der Waals surface area contributed by atoms with Gasteiger partial charge in [-0.3, -0.25) is 0 Å². The van der Waals surface area contributed by atoms with Crippen molar-refractivity contribution >= 4 is 42.1 Å². The van der Waals surface area contributed by atoms with Crippen LogP contribution in [0.2, 0.25) is 0 Å². The van der Waals surface area contributed by atoms with Gasteiger partial charge < -0.3 is 4.89 Å². The summed E-state index contributed by atoms with van der Waals surface area (Å²) in [6.07, 6.45) is 0. The normalized spacial score (nSPS) is 6.46. The van der Waals surface area contributed by atoms with Crippen molar-refractivity contribution in [3.8, 4) is 0 Å². The first-order valence-electron chi connectivity index (χ1n) is 3.09. The minimum Gasteiger partial charge on any atom is -0.374 e. The van der Waals surface area contributed by atoms with E-state index in [4.69, 9.17) is 4.89 Å². The zero-order valence-electron chi connectivity index (χ0n) is 7.53. The molecular formula is C8H15Br2OPRu. The third kappa shape index (κ3) is 31.9. The number of halogens is 2. The number of hydrogen-bond donors (Lipinski definition) is 1. The van der Waals surface area contributed by atoms with Crippen LogP contribution in [0.15, 0.2) is 36.4 Å². The second-order valence-electron chi connectivity index (χ2n) is 2.00. The zero-order chi connectivity index (χ0) is 7.82. The van der Waals surface area contributed by atoms with E-state index in [9.17, 15) is 0 Å². The van der Waals surface area contributed by atoms with Crippen LogP contribution in [0.3, 0.4) is 0 Å². The van der Waals surface area contributed by atoms with E-state index in [2.05, 4.69) is 0 Å². The van der Waals surface area contributed by atoms with E-state index in [1.807, 2.05) is 36.4 Å². The molecule has 0 radical (unpaired) electrons. The van der Waals surface area contributed by atoms with E-state index < -0.39 is 8.15 Å². The molecule has 1 rings (SSSR count). The Morgan fingerprint density at radius 3 is 0.923 bits per heavy atom. The van der Waals surface area contributed by atoms with Crippen LogP contribution in [-0.2, 0) is 19.5 Å². The molecule has 1 aromatic carbocycles. The van der Waals surface area contributed by atoms with E-state index in [0.717, 1.165) is 0 Å². The molecule has 0 aliphatic carbocycles. The van der Waals surface area contributed by atoms with Crippen molar-refractivity contribution < 1.29 is 24.4 Å². The van der Waals surface area contributed by atoms with Crippen LogP contribution in [0.4, 0.5) is 0 Å². The van der Waals surface area contributed by atoms with E-state index in [1.54, 1.807) is 13.3 Å². The van der Waals surface area contributed by atoms with Gasteiger partial charge in [-0.1, -0.05) is 36.4 Å². The first-order valence-corrected chi connectivity index (χ1v) is 5.28. The Labute approximate surface area is 115 Å². The van der Waals surface area contributed by atoms with Gasteiger partial charge in [0.25, 0.3) is 0 Å². The van der Waals surface area contributed by atoms with Crippen molar-refractivity contribution in [2.45, 2.75) is 0 Å². The predicted molar refractivity (Wildman–Crippen MR) is 68.1 cm³/mol. The van der Waals surface area contributed by atoms with Crippen molar-refractivity contribution in [2.75, 3.05) is 13.3 Å². The van der Waals surface area contributed by atoms with E-state index >= 15 is 0 Å². The summed E-state index contributed by atoms with van der Waals surface area (Å²) in [7, 11) is -0.620. The van der Waals surface area contributed by atoms with Crippen LogP contribution >= 0.6 is 42.1 Å². The fourth-order valence-electron chi connectivity index (χ4n) is 0.385. The topological polar surface area (TPSA) is 20.2 Å². The first-order chi connectivity index (χ1) is 4.73. The van der Waals surface area contributed by atoms with Gasteiger partial charge in [0.2, 0.25) is 0 Å². The van der Waals surface area contributed by atoms with Crippen molar-refractivity contribution in [2.24, 2.45) is 0 Å². The van der Waals surface area contributed by atoms with E-state index in [0.29, 0.717) is 0 Å². The molecule has 0 aromatic heterocycles. The van der Waals surface area contributed by atoms with Gasteiger partial charge in [-0.25, -0.2) is 0 Å². The van der Waals surface area contributed by atoms with Crippen molar-refractivity contribution in [1.82, 2.24) is 0 Å². The summed E-state index contributed by atoms with van der Waals surface area (Å²) in [6, 6.07) is 12.0. The van der Waals surface area contributed by atoms with Gasteiger partial charge in [-0.2, -0.15) is 0 Å². The Hall–Kier alpha value is 1.19. The third-order valence-electron chi connectivity index (χ3n) is 0.667. The quantitative estimate of drug-likeness (QED) is 0.505. The fraction of sp³-hybridized carbons (Fsp3) is 0.250. The van der Waals surface area contributed by atoms with E-state index in [1.165, 1.54) is 0 Å². The monoisotopic (exact) mass is 418 g/mol. The molecule has 13 heavy (non-hydrogen) atoms. The summed E-state index contributed by atoms with van der Waals surface area (Å²) in [5.41, 5.74) is 0. The van der Waals surface area contributed by atoms with Crippen LogP contribution in [0.1, 0.15) is 0 Å². The van der Waals surface area contributed by atoms with Crippen LogP contribution in [-0.4, -0.2) is 18.2 Å². The molecule has 0 aliphatic heterocycles. The Kier molecular flexibility index (Phi) is 34.5. The Morgan fingerprint density at radius 1 is 0.769 bits per heavy atom. The van der Waals surface area contributed by atoms with Gasteiger partial charge in [0, 0.05) is 27.6 Å². The molecule has 0 heterocycles. The molecule has 80 valence electrons. The van der Waals surface area contributed by atoms with Crippen molar-refractivity contribution in [1.29, 1.82) is 0 Å². The maximum Gasteiger partial charge on any atom is 0.0187 e. The molecule has 0 amide bonds. The Balaban J connectivity index is -0.0000000536. The summed E-state index contributed by atoms with van der Waals surface area (Å²) in [4.78, 5) is 8.12. The van der Waals surface area contributed by atoms with Gasteiger partial charge in [0.05, 0.1) is 0 Å². The molecule has 0 aliphatic rings. The molecule has 5 heteroatoms. The molecule has 1 aromatic rings. The minimum atomic E-state index is -0.620. The average Bonchev–Trinajstić information content (AvgIpc) is 1.90. The number of benzene rings is 1. The Morgan fingerprint density at radius 2 is 0.846 bits per heavy atom. The van der Waals surface area contributed by atoms with Gasteiger partial charge in [0.15, 0.2) is 0 Å². The van der Waals surface area contributed by atoms with Gasteiger partial charge in [0.1, 0.15) is 0 Å². The summed E-state index contributed by atoms with van der Waals surface area (Å²) >= 11 is 0. The second kappa shape index (κ2) is 18.9. The molecule has 1 N–H and O–H groups in total. The predicted octanol–water partition coefficient (Wildman–Crippen LogP) is 3.48. The van der Waals surface area contributed by atoms with Crippen molar-refractivity contribution in [3.63, 3.8) is 0 Å². The van der Waals surface area contributed by atoms with Crippen LogP contribution in [0, 0.1) is 0 Å². The van der Waals surface area contributed by atoms with Crippen LogP contribution < -0.4 is 0 Å². The summed E-state index contributed by atoms with van der Waals surface area (Å²) < 4.78 is 0. The molecule has 0 saturated carbocycles. The van der Waals surface area contributed by atoms with Crippen LogP contribution in [0.5, 0.6) is 0 Å². The maximum atomic E-state index is 8.12. The molecule has 0 fully saturated rings. The molecule has 0 saturated heterocycles. The smallest absolute Gasteiger partial charge is 0.0187 e. The van der Waals surface area contributed by atoms with Gasteiger partial charge in [-0.15, -0.1) is 34.0 Å². The fourth-order valence-corrected chi connectivity index (χ4v) is 0.385. The van der Waals surface area contributed by atoms with Gasteiger partial charge >= 0.3 is 0 Å². The van der Waals surface area contributed by atoms with Crippen molar-refractivity contribution in [3.05, 3.63) is 36.4 Å². The number of rotatable bonds is 0. The average molecular weight is 419 g/mol. The third-order valence-corrected chi connectivity index (χ3v) is 0.667. The molecule has 0 bridgehead atoms. The van der Waals surface area contributed by atoms with Gasteiger partial charge in [-0.05, 0) is 13.3 Å². The second-order valence-corrected chi connectivity index (χ2v) is 3.70. The van der Waals surface area contributed by atoms with E-state index in [-0.39, 0.29) is 53.4 Å². The summed E-state index contributed by atoms with van der Waals surface area (Å²) in [5.74, 6) is 0. The first kappa shape index (κ1) is 23.8. The Bertz CT molecular complexity index is 123. The summed E-state index contributed by atoms with van der Waals surface area (Å²) in [5, 5.41) is 0. The number of hydrogen-bond acceptors (Lipinski definition) is 1. The summed E-state index contributed by atoms with van der Waals surface area (Å²) in [6.45, 7) is 3.57. The minimum absolute atomic E-state index is 0. The molecule has 0 unspecified atom stereocenters. The maximum absolute atomic E-state index is 8.12. The zero-order valence-corrected chi connectivity index (χ0v) is 13.6. The molecular weight excluding hydrogens is 404 g/mol. The molecule has 0 atom stereocenters. The van der Waals surface area contributed by atoms with Crippen LogP contribution in [0.25, 0.3) is 0 Å². The molecule has 1 nitrogen and oxygen atoms in total. The largest absolute Gasteiger partial charge is 0.374 e. The molecule has 0 spiro atoms.